The summed E-state index contributed by atoms with van der Waals surface area (Å²) in [4.78, 5) is 0. The van der Waals surface area contributed by atoms with Gasteiger partial charge >= 0.3 is 0 Å². The Bertz CT molecular complexity index is 284. The standard InChI is InChI=1S/C10H19NO2S/c1-3-4-5-9(2)11-10-6-7-14(12,13)8-10/h3,9-11H,1,4-8H2,2H3/t9-,10+/m1/s1. The molecule has 0 spiro atoms. The van der Waals surface area contributed by atoms with Crippen molar-refractivity contribution in [1.82, 2.24) is 5.32 Å². The van der Waals surface area contributed by atoms with Crippen LogP contribution in [0.25, 0.3) is 0 Å². The monoisotopic (exact) mass is 217 g/mol. The van der Waals surface area contributed by atoms with Gasteiger partial charge in [0.25, 0.3) is 0 Å². The summed E-state index contributed by atoms with van der Waals surface area (Å²) in [5.74, 6) is 0.657. The van der Waals surface area contributed by atoms with E-state index in [4.69, 9.17) is 0 Å². The molecule has 4 heteroatoms. The summed E-state index contributed by atoms with van der Waals surface area (Å²) in [6, 6.07) is 0.547. The summed E-state index contributed by atoms with van der Waals surface area (Å²) in [6.45, 7) is 5.76. The van der Waals surface area contributed by atoms with Gasteiger partial charge in [0, 0.05) is 12.1 Å². The van der Waals surface area contributed by atoms with Crippen LogP contribution in [-0.2, 0) is 9.84 Å². The Kier molecular flexibility index (Phi) is 4.13. The van der Waals surface area contributed by atoms with E-state index in [-0.39, 0.29) is 6.04 Å². The first-order valence-electron chi connectivity index (χ1n) is 5.11. The molecule has 0 amide bonds. The molecular weight excluding hydrogens is 198 g/mol. The number of nitrogens with one attached hydrogen (secondary N) is 1. The molecule has 0 unspecified atom stereocenters. The van der Waals surface area contributed by atoms with Crippen molar-refractivity contribution >= 4 is 9.84 Å². The van der Waals surface area contributed by atoms with Gasteiger partial charge in [-0.15, -0.1) is 6.58 Å². The van der Waals surface area contributed by atoms with Crippen LogP contribution in [0.15, 0.2) is 12.7 Å². The molecule has 0 saturated carbocycles. The maximum Gasteiger partial charge on any atom is 0.151 e. The Morgan fingerprint density at radius 3 is 2.86 bits per heavy atom. The molecule has 0 radical (unpaired) electrons. The second-order valence-electron chi connectivity index (χ2n) is 4.03. The Hall–Kier alpha value is -0.350. The normalized spacial score (nSPS) is 27.4. The summed E-state index contributed by atoms with van der Waals surface area (Å²) >= 11 is 0. The predicted molar refractivity (Wildman–Crippen MR) is 59.1 cm³/mol. The van der Waals surface area contributed by atoms with E-state index >= 15 is 0 Å². The Labute approximate surface area is 86.5 Å². The Balaban J connectivity index is 2.28. The Morgan fingerprint density at radius 2 is 2.36 bits per heavy atom. The van der Waals surface area contributed by atoms with Gasteiger partial charge in [-0.05, 0) is 26.2 Å². The lowest BCUT2D eigenvalue weighted by Gasteiger charge is -2.17. The number of hydrogen-bond acceptors (Lipinski definition) is 3. The number of rotatable bonds is 5. The molecule has 1 rings (SSSR count). The third-order valence-electron chi connectivity index (χ3n) is 2.56. The summed E-state index contributed by atoms with van der Waals surface area (Å²) in [7, 11) is -2.74. The third-order valence-corrected chi connectivity index (χ3v) is 4.32. The van der Waals surface area contributed by atoms with Gasteiger partial charge in [0.15, 0.2) is 9.84 Å². The quantitative estimate of drug-likeness (QED) is 0.702. The van der Waals surface area contributed by atoms with Gasteiger partial charge in [-0.25, -0.2) is 8.42 Å². The fourth-order valence-corrected chi connectivity index (χ4v) is 3.47. The molecule has 1 fully saturated rings. The van der Waals surface area contributed by atoms with Crippen molar-refractivity contribution in [3.05, 3.63) is 12.7 Å². The van der Waals surface area contributed by atoms with Crippen molar-refractivity contribution in [2.24, 2.45) is 0 Å². The van der Waals surface area contributed by atoms with Crippen molar-refractivity contribution in [2.75, 3.05) is 11.5 Å². The van der Waals surface area contributed by atoms with Crippen LogP contribution in [0.3, 0.4) is 0 Å². The van der Waals surface area contributed by atoms with Crippen LogP contribution in [0, 0.1) is 0 Å². The highest BCUT2D eigenvalue weighted by Crippen LogP contribution is 2.12. The second-order valence-corrected chi connectivity index (χ2v) is 6.26. The van der Waals surface area contributed by atoms with Gasteiger partial charge in [0.1, 0.15) is 0 Å². The van der Waals surface area contributed by atoms with E-state index in [1.165, 1.54) is 0 Å². The van der Waals surface area contributed by atoms with Gasteiger partial charge in [-0.2, -0.15) is 0 Å². The summed E-state index contributed by atoms with van der Waals surface area (Å²) < 4.78 is 22.4. The zero-order valence-corrected chi connectivity index (χ0v) is 9.52. The molecule has 3 nitrogen and oxygen atoms in total. The molecule has 0 aliphatic carbocycles. The zero-order valence-electron chi connectivity index (χ0n) is 8.70. The minimum atomic E-state index is -2.74. The van der Waals surface area contributed by atoms with Gasteiger partial charge < -0.3 is 5.32 Å². The maximum absolute atomic E-state index is 11.2. The molecule has 1 saturated heterocycles. The van der Waals surface area contributed by atoms with Gasteiger partial charge in [-0.1, -0.05) is 6.08 Å². The van der Waals surface area contributed by atoms with Crippen molar-refractivity contribution in [1.29, 1.82) is 0 Å². The van der Waals surface area contributed by atoms with E-state index < -0.39 is 9.84 Å². The largest absolute Gasteiger partial charge is 0.310 e. The van der Waals surface area contributed by atoms with E-state index in [9.17, 15) is 8.42 Å². The van der Waals surface area contributed by atoms with Crippen molar-refractivity contribution in [3.63, 3.8) is 0 Å². The van der Waals surface area contributed by atoms with Crippen LogP contribution in [-0.4, -0.2) is 32.0 Å². The molecule has 14 heavy (non-hydrogen) atoms. The minimum Gasteiger partial charge on any atom is -0.310 e. The highest BCUT2D eigenvalue weighted by atomic mass is 32.2. The first kappa shape index (κ1) is 11.7. The molecule has 1 aliphatic heterocycles. The molecule has 0 aromatic carbocycles. The third kappa shape index (κ3) is 3.80. The highest BCUT2D eigenvalue weighted by Gasteiger charge is 2.28. The lowest BCUT2D eigenvalue weighted by Crippen LogP contribution is -2.37. The number of allylic oxidation sites excluding steroid dienone is 1. The lowest BCUT2D eigenvalue weighted by atomic mass is 10.1. The van der Waals surface area contributed by atoms with E-state index in [0.29, 0.717) is 17.5 Å². The average molecular weight is 217 g/mol. The fraction of sp³-hybridized carbons (Fsp3) is 0.800. The molecule has 82 valence electrons. The number of sulfone groups is 1. The fourth-order valence-electron chi connectivity index (χ4n) is 1.78. The maximum atomic E-state index is 11.2. The second kappa shape index (κ2) is 4.94. The molecule has 1 heterocycles. The van der Waals surface area contributed by atoms with E-state index in [0.717, 1.165) is 19.3 Å². The smallest absolute Gasteiger partial charge is 0.151 e. The summed E-state index contributed by atoms with van der Waals surface area (Å²) in [5.41, 5.74) is 0. The minimum absolute atomic E-state index is 0.166. The van der Waals surface area contributed by atoms with Crippen LogP contribution >= 0.6 is 0 Å². The first-order chi connectivity index (χ1) is 6.53. The van der Waals surface area contributed by atoms with Crippen LogP contribution in [0.5, 0.6) is 0 Å². The molecule has 1 aliphatic rings. The van der Waals surface area contributed by atoms with Crippen LogP contribution in [0.2, 0.25) is 0 Å². The van der Waals surface area contributed by atoms with Crippen molar-refractivity contribution in [2.45, 2.75) is 38.3 Å². The van der Waals surface area contributed by atoms with Crippen molar-refractivity contribution in [3.8, 4) is 0 Å². The van der Waals surface area contributed by atoms with Crippen LogP contribution < -0.4 is 5.32 Å². The molecule has 0 aromatic heterocycles. The molecule has 0 bridgehead atoms. The number of hydrogen-bond donors (Lipinski definition) is 1. The Morgan fingerprint density at radius 1 is 1.64 bits per heavy atom. The van der Waals surface area contributed by atoms with Crippen molar-refractivity contribution < 1.29 is 8.42 Å². The van der Waals surface area contributed by atoms with Gasteiger partial charge in [-0.3, -0.25) is 0 Å². The molecular formula is C10H19NO2S. The first-order valence-corrected chi connectivity index (χ1v) is 6.93. The average Bonchev–Trinajstić information content (AvgIpc) is 2.42. The van der Waals surface area contributed by atoms with E-state index in [1.807, 2.05) is 6.08 Å². The van der Waals surface area contributed by atoms with Gasteiger partial charge in [0.05, 0.1) is 11.5 Å². The summed E-state index contributed by atoms with van der Waals surface area (Å²) in [6.07, 6.45) is 4.66. The van der Waals surface area contributed by atoms with Crippen LogP contribution in [0.1, 0.15) is 26.2 Å². The molecule has 1 N–H and O–H groups in total. The zero-order chi connectivity index (χ0) is 10.6. The van der Waals surface area contributed by atoms with Crippen LogP contribution in [0.4, 0.5) is 0 Å². The lowest BCUT2D eigenvalue weighted by molar-refractivity contribution is 0.452. The molecule has 2 atom stereocenters. The van der Waals surface area contributed by atoms with E-state index in [2.05, 4.69) is 18.8 Å². The predicted octanol–water partition coefficient (Wildman–Crippen LogP) is 1.12. The van der Waals surface area contributed by atoms with E-state index in [1.54, 1.807) is 0 Å². The highest BCUT2D eigenvalue weighted by molar-refractivity contribution is 7.91. The SMILES string of the molecule is C=CCC[C@@H](C)N[C@H]1CCS(=O)(=O)C1. The summed E-state index contributed by atoms with van der Waals surface area (Å²) in [5, 5.41) is 3.34. The topological polar surface area (TPSA) is 46.2 Å². The van der Waals surface area contributed by atoms with Gasteiger partial charge in [0.2, 0.25) is 0 Å². The molecule has 0 aromatic rings.